The molecule has 0 radical (unpaired) electrons. The molecule has 1 aliphatic heterocycles. The lowest BCUT2D eigenvalue weighted by Crippen LogP contribution is -2.44. The molecule has 0 aliphatic carbocycles. The molecule has 1 atom stereocenters. The molecule has 3 rings (SSSR count). The van der Waals surface area contributed by atoms with E-state index in [2.05, 4.69) is 39.4 Å². The van der Waals surface area contributed by atoms with E-state index in [0.29, 0.717) is 12.3 Å². The van der Waals surface area contributed by atoms with Crippen LogP contribution in [0.2, 0.25) is 0 Å². The summed E-state index contributed by atoms with van der Waals surface area (Å²) < 4.78 is 11.1. The van der Waals surface area contributed by atoms with Gasteiger partial charge in [-0.3, -0.25) is 9.69 Å². The van der Waals surface area contributed by atoms with E-state index < -0.39 is 0 Å². The maximum Gasteiger partial charge on any atom is 0.258 e. The molecule has 0 unspecified atom stereocenters. The van der Waals surface area contributed by atoms with E-state index in [1.165, 1.54) is 5.56 Å². The van der Waals surface area contributed by atoms with Gasteiger partial charge in [0.15, 0.2) is 6.61 Å². The van der Waals surface area contributed by atoms with Crippen molar-refractivity contribution >= 4 is 11.6 Å². The topological polar surface area (TPSA) is 54.0 Å². The van der Waals surface area contributed by atoms with Crippen LogP contribution in [0.4, 0.5) is 5.69 Å². The summed E-state index contributed by atoms with van der Waals surface area (Å²) in [4.78, 5) is 16.8. The van der Waals surface area contributed by atoms with E-state index in [0.717, 1.165) is 37.6 Å². The van der Waals surface area contributed by atoms with Gasteiger partial charge in [0.1, 0.15) is 5.75 Å². The lowest BCUT2D eigenvalue weighted by molar-refractivity contribution is -0.123. The number of carbonyl (C=O) groups is 1. The Morgan fingerprint density at radius 1 is 1.10 bits per heavy atom. The molecule has 1 amide bonds. The largest absolute Gasteiger partial charge is 0.484 e. The van der Waals surface area contributed by atoms with Crippen molar-refractivity contribution in [2.24, 2.45) is 0 Å². The molecule has 0 aromatic heterocycles. The molecule has 2 aromatic rings. The van der Waals surface area contributed by atoms with Crippen LogP contribution < -0.4 is 15.0 Å². The Kier molecular flexibility index (Phi) is 7.49. The maximum atomic E-state index is 12.4. The van der Waals surface area contributed by atoms with Crippen LogP contribution in [0.5, 0.6) is 5.75 Å². The van der Waals surface area contributed by atoms with Gasteiger partial charge in [0.25, 0.3) is 5.91 Å². The molecular formula is C23H31N3O3. The zero-order chi connectivity index (χ0) is 20.6. The second kappa shape index (κ2) is 10.3. The van der Waals surface area contributed by atoms with Gasteiger partial charge in [0.05, 0.1) is 19.3 Å². The Hall–Kier alpha value is -2.57. The number of benzene rings is 2. The second-order valence-electron chi connectivity index (χ2n) is 7.56. The summed E-state index contributed by atoms with van der Waals surface area (Å²) in [6, 6.07) is 16.3. The van der Waals surface area contributed by atoms with Crippen LogP contribution >= 0.6 is 0 Å². The number of rotatable bonds is 8. The minimum Gasteiger partial charge on any atom is -0.484 e. The number of amides is 1. The highest BCUT2D eigenvalue weighted by molar-refractivity contribution is 5.77. The van der Waals surface area contributed by atoms with Crippen molar-refractivity contribution in [3.05, 3.63) is 59.7 Å². The van der Waals surface area contributed by atoms with Crippen molar-refractivity contribution in [1.29, 1.82) is 0 Å². The molecule has 6 heteroatoms. The molecule has 29 heavy (non-hydrogen) atoms. The number of aryl methyl sites for hydroxylation is 1. The molecule has 0 spiro atoms. The van der Waals surface area contributed by atoms with Gasteiger partial charge in [-0.2, -0.15) is 0 Å². The molecule has 2 aromatic carbocycles. The number of hydrogen-bond donors (Lipinski definition) is 1. The van der Waals surface area contributed by atoms with Crippen LogP contribution in [-0.2, 0) is 9.53 Å². The Morgan fingerprint density at radius 2 is 1.76 bits per heavy atom. The van der Waals surface area contributed by atoms with Gasteiger partial charge in [0, 0.05) is 39.4 Å². The van der Waals surface area contributed by atoms with E-state index in [-0.39, 0.29) is 18.6 Å². The fraction of sp³-hybridized carbons (Fsp3) is 0.435. The van der Waals surface area contributed by atoms with E-state index in [4.69, 9.17) is 9.47 Å². The monoisotopic (exact) mass is 397 g/mol. The zero-order valence-electron chi connectivity index (χ0n) is 17.6. The molecule has 1 saturated heterocycles. The van der Waals surface area contributed by atoms with E-state index in [1.54, 1.807) is 0 Å². The minimum atomic E-state index is -0.117. The Bertz CT molecular complexity index is 769. The third-order valence-corrected chi connectivity index (χ3v) is 5.16. The number of nitrogens with zero attached hydrogens (tertiary/aromatic N) is 2. The summed E-state index contributed by atoms with van der Waals surface area (Å²) in [5.74, 6) is 0.587. The van der Waals surface area contributed by atoms with Crippen molar-refractivity contribution in [1.82, 2.24) is 10.2 Å². The number of morpholine rings is 1. The zero-order valence-corrected chi connectivity index (χ0v) is 17.6. The summed E-state index contributed by atoms with van der Waals surface area (Å²) in [6.45, 7) is 5.72. The SMILES string of the molecule is Cc1ccc(OCC(=O)NC[C@@H](c2ccc(N(C)C)cc2)N2CCOCC2)cc1. The first-order valence-electron chi connectivity index (χ1n) is 10.1. The molecule has 156 valence electrons. The van der Waals surface area contributed by atoms with Gasteiger partial charge in [-0.1, -0.05) is 29.8 Å². The van der Waals surface area contributed by atoms with Crippen molar-refractivity contribution in [3.8, 4) is 5.75 Å². The van der Waals surface area contributed by atoms with Crippen molar-refractivity contribution < 1.29 is 14.3 Å². The standard InChI is InChI=1S/C23H31N3O3/c1-18-4-10-21(11-5-18)29-17-23(27)24-16-22(26-12-14-28-15-13-26)19-6-8-20(9-7-19)25(2)3/h4-11,22H,12-17H2,1-3H3,(H,24,27)/t22-/m0/s1. The molecular weight excluding hydrogens is 366 g/mol. The lowest BCUT2D eigenvalue weighted by Gasteiger charge is -2.35. The molecule has 1 fully saturated rings. The highest BCUT2D eigenvalue weighted by Gasteiger charge is 2.23. The summed E-state index contributed by atoms with van der Waals surface area (Å²) in [6.07, 6.45) is 0. The summed E-state index contributed by atoms with van der Waals surface area (Å²) in [5.41, 5.74) is 3.51. The van der Waals surface area contributed by atoms with Crippen LogP contribution in [0, 0.1) is 6.92 Å². The molecule has 1 aliphatic rings. The van der Waals surface area contributed by atoms with Crippen molar-refractivity contribution in [3.63, 3.8) is 0 Å². The molecule has 6 nitrogen and oxygen atoms in total. The summed E-state index contributed by atoms with van der Waals surface area (Å²) in [5, 5.41) is 3.04. The fourth-order valence-corrected chi connectivity index (χ4v) is 3.39. The molecule has 0 saturated carbocycles. The average molecular weight is 398 g/mol. The first kappa shape index (κ1) is 21.1. The quantitative estimate of drug-likeness (QED) is 0.742. The summed E-state index contributed by atoms with van der Waals surface area (Å²) >= 11 is 0. The first-order valence-corrected chi connectivity index (χ1v) is 10.1. The first-order chi connectivity index (χ1) is 14.0. The van der Waals surface area contributed by atoms with Crippen LogP contribution in [0.25, 0.3) is 0 Å². The third kappa shape index (κ3) is 6.21. The predicted octanol–water partition coefficient (Wildman–Crippen LogP) is 2.63. The van der Waals surface area contributed by atoms with Gasteiger partial charge in [-0.25, -0.2) is 0 Å². The molecule has 0 bridgehead atoms. The predicted molar refractivity (Wildman–Crippen MR) is 116 cm³/mol. The van der Waals surface area contributed by atoms with Crippen LogP contribution in [0.1, 0.15) is 17.2 Å². The van der Waals surface area contributed by atoms with Gasteiger partial charge < -0.3 is 19.7 Å². The fourth-order valence-electron chi connectivity index (χ4n) is 3.39. The average Bonchev–Trinajstić information content (AvgIpc) is 2.74. The molecule has 1 heterocycles. The maximum absolute atomic E-state index is 12.4. The van der Waals surface area contributed by atoms with Gasteiger partial charge >= 0.3 is 0 Å². The summed E-state index contributed by atoms with van der Waals surface area (Å²) in [7, 11) is 4.06. The van der Waals surface area contributed by atoms with Gasteiger partial charge in [0.2, 0.25) is 0 Å². The highest BCUT2D eigenvalue weighted by atomic mass is 16.5. The minimum absolute atomic E-state index is 0.0124. The third-order valence-electron chi connectivity index (χ3n) is 5.16. The smallest absolute Gasteiger partial charge is 0.258 e. The Balaban J connectivity index is 1.60. The van der Waals surface area contributed by atoms with Crippen LogP contribution in [0.15, 0.2) is 48.5 Å². The van der Waals surface area contributed by atoms with E-state index >= 15 is 0 Å². The van der Waals surface area contributed by atoms with Crippen molar-refractivity contribution in [2.45, 2.75) is 13.0 Å². The lowest BCUT2D eigenvalue weighted by atomic mass is 10.0. The van der Waals surface area contributed by atoms with Gasteiger partial charge in [-0.05, 0) is 36.8 Å². The Morgan fingerprint density at radius 3 is 2.38 bits per heavy atom. The second-order valence-corrected chi connectivity index (χ2v) is 7.56. The number of carbonyl (C=O) groups excluding carboxylic acids is 1. The van der Waals surface area contributed by atoms with Crippen molar-refractivity contribution in [2.75, 3.05) is 58.5 Å². The van der Waals surface area contributed by atoms with Crippen LogP contribution in [0.3, 0.4) is 0 Å². The van der Waals surface area contributed by atoms with Gasteiger partial charge in [-0.15, -0.1) is 0 Å². The normalized spacial score (nSPS) is 15.6. The highest BCUT2D eigenvalue weighted by Crippen LogP contribution is 2.23. The Labute approximate surface area is 173 Å². The van der Waals surface area contributed by atoms with Crippen LogP contribution in [-0.4, -0.2) is 64.4 Å². The number of nitrogens with one attached hydrogen (secondary N) is 1. The van der Waals surface area contributed by atoms with E-state index in [1.807, 2.05) is 45.3 Å². The van der Waals surface area contributed by atoms with E-state index in [9.17, 15) is 4.79 Å². The number of ether oxygens (including phenoxy) is 2. The molecule has 1 N–H and O–H groups in total. The number of hydrogen-bond acceptors (Lipinski definition) is 5. The number of anilines is 1.